The predicted molar refractivity (Wildman–Crippen MR) is 97.2 cm³/mol. The van der Waals surface area contributed by atoms with E-state index in [4.69, 9.17) is 4.74 Å². The van der Waals surface area contributed by atoms with E-state index in [0.717, 1.165) is 38.6 Å². The number of carbonyl (C=O) groups is 1. The van der Waals surface area contributed by atoms with Crippen molar-refractivity contribution < 1.29 is 17.9 Å². The summed E-state index contributed by atoms with van der Waals surface area (Å²) in [6.07, 6.45) is 4.15. The molecular formula is C18H26N2O4S. The second kappa shape index (κ2) is 8.29. The molecule has 2 fully saturated rings. The molecule has 1 unspecified atom stereocenters. The van der Waals surface area contributed by atoms with Crippen LogP contribution < -0.4 is 10.6 Å². The Kier molecular flexibility index (Phi) is 6.09. The molecule has 0 bridgehead atoms. The maximum Gasteiger partial charge on any atom is 0.254 e. The van der Waals surface area contributed by atoms with Gasteiger partial charge in [-0.2, -0.15) is 0 Å². The molecular weight excluding hydrogens is 340 g/mol. The molecule has 6 nitrogen and oxygen atoms in total. The summed E-state index contributed by atoms with van der Waals surface area (Å²) in [5, 5.41) is 5.71. The number of anilines is 1. The van der Waals surface area contributed by atoms with Crippen molar-refractivity contribution in [3.8, 4) is 0 Å². The molecule has 1 aliphatic carbocycles. The number of sulfone groups is 1. The van der Waals surface area contributed by atoms with E-state index in [2.05, 4.69) is 10.6 Å². The number of ether oxygens (including phenoxy) is 1. The molecule has 1 atom stereocenters. The van der Waals surface area contributed by atoms with Crippen LogP contribution in [0.15, 0.2) is 24.3 Å². The Morgan fingerprint density at radius 3 is 2.76 bits per heavy atom. The summed E-state index contributed by atoms with van der Waals surface area (Å²) in [6.45, 7) is 1.75. The molecule has 1 aromatic carbocycles. The van der Waals surface area contributed by atoms with Crippen molar-refractivity contribution in [2.75, 3.05) is 25.0 Å². The lowest BCUT2D eigenvalue weighted by Crippen LogP contribution is -2.45. The van der Waals surface area contributed by atoms with Gasteiger partial charge in [0.05, 0.1) is 17.6 Å². The van der Waals surface area contributed by atoms with Gasteiger partial charge in [-0.05, 0) is 30.5 Å². The normalized spacial score (nSPS) is 22.5. The zero-order valence-corrected chi connectivity index (χ0v) is 15.2. The van der Waals surface area contributed by atoms with E-state index in [1.807, 2.05) is 0 Å². The number of carbonyl (C=O) groups excluding carboxylic acids is 1. The summed E-state index contributed by atoms with van der Waals surface area (Å²) in [6, 6.07) is 7.09. The SMILES string of the molecule is O=C(Nc1cccc(CS(=O)(=O)C2CCCCC2)c1)C1CNCCO1. The second-order valence-electron chi connectivity index (χ2n) is 6.82. The van der Waals surface area contributed by atoms with Gasteiger partial charge in [0.15, 0.2) is 9.84 Å². The molecule has 3 rings (SSSR count). The van der Waals surface area contributed by atoms with Crippen LogP contribution in [0.3, 0.4) is 0 Å². The number of benzene rings is 1. The van der Waals surface area contributed by atoms with E-state index in [1.54, 1.807) is 24.3 Å². The molecule has 25 heavy (non-hydrogen) atoms. The molecule has 2 aliphatic rings. The molecule has 2 N–H and O–H groups in total. The number of hydrogen-bond acceptors (Lipinski definition) is 5. The highest BCUT2D eigenvalue weighted by atomic mass is 32.2. The fourth-order valence-corrected chi connectivity index (χ4v) is 5.40. The van der Waals surface area contributed by atoms with E-state index in [-0.39, 0.29) is 16.9 Å². The molecule has 0 radical (unpaired) electrons. The number of rotatable bonds is 5. The fraction of sp³-hybridized carbons (Fsp3) is 0.611. The molecule has 7 heteroatoms. The van der Waals surface area contributed by atoms with Crippen LogP contribution in [0.25, 0.3) is 0 Å². The summed E-state index contributed by atoms with van der Waals surface area (Å²) in [5.74, 6) is -0.178. The third-order valence-corrected chi connectivity index (χ3v) is 7.07. The lowest BCUT2D eigenvalue weighted by Gasteiger charge is -2.23. The van der Waals surface area contributed by atoms with Gasteiger partial charge < -0.3 is 15.4 Å². The van der Waals surface area contributed by atoms with E-state index in [9.17, 15) is 13.2 Å². The molecule has 1 saturated heterocycles. The molecule has 1 aliphatic heterocycles. The topological polar surface area (TPSA) is 84.5 Å². The van der Waals surface area contributed by atoms with Gasteiger partial charge in [0.1, 0.15) is 6.10 Å². The van der Waals surface area contributed by atoms with Gasteiger partial charge >= 0.3 is 0 Å². The van der Waals surface area contributed by atoms with Crippen LogP contribution in [0.5, 0.6) is 0 Å². The van der Waals surface area contributed by atoms with Gasteiger partial charge in [0.2, 0.25) is 0 Å². The highest BCUT2D eigenvalue weighted by Gasteiger charge is 2.27. The minimum absolute atomic E-state index is 0.0306. The Hall–Kier alpha value is -1.44. The lowest BCUT2D eigenvalue weighted by atomic mass is 10.0. The lowest BCUT2D eigenvalue weighted by molar-refractivity contribution is -0.128. The first-order valence-electron chi connectivity index (χ1n) is 8.98. The number of nitrogens with one attached hydrogen (secondary N) is 2. The Morgan fingerprint density at radius 2 is 2.04 bits per heavy atom. The quantitative estimate of drug-likeness (QED) is 0.831. The molecule has 1 aromatic rings. The minimum atomic E-state index is -3.15. The third kappa shape index (κ3) is 5.03. The summed E-state index contributed by atoms with van der Waals surface area (Å²) in [5.41, 5.74) is 1.32. The standard InChI is InChI=1S/C18H26N2O4S/c21-18(17-12-19-9-10-24-17)20-15-6-4-5-14(11-15)13-25(22,23)16-7-2-1-3-8-16/h4-6,11,16-17,19H,1-3,7-10,12-13H2,(H,20,21). The van der Waals surface area contributed by atoms with Crippen LogP contribution in [-0.4, -0.2) is 45.4 Å². The maximum atomic E-state index is 12.6. The van der Waals surface area contributed by atoms with E-state index in [1.165, 1.54) is 0 Å². The smallest absolute Gasteiger partial charge is 0.254 e. The number of morpholine rings is 1. The average molecular weight is 366 g/mol. The molecule has 1 amide bonds. The van der Waals surface area contributed by atoms with Crippen molar-refractivity contribution in [2.24, 2.45) is 0 Å². The zero-order chi connectivity index (χ0) is 17.7. The van der Waals surface area contributed by atoms with Crippen molar-refractivity contribution in [1.82, 2.24) is 5.32 Å². The Morgan fingerprint density at radius 1 is 1.24 bits per heavy atom. The van der Waals surface area contributed by atoms with Crippen molar-refractivity contribution in [2.45, 2.75) is 49.2 Å². The van der Waals surface area contributed by atoms with Crippen molar-refractivity contribution in [3.05, 3.63) is 29.8 Å². The number of hydrogen-bond donors (Lipinski definition) is 2. The Balaban J connectivity index is 1.63. The van der Waals surface area contributed by atoms with Crippen molar-refractivity contribution in [1.29, 1.82) is 0 Å². The highest BCUT2D eigenvalue weighted by Crippen LogP contribution is 2.26. The monoisotopic (exact) mass is 366 g/mol. The third-order valence-electron chi connectivity index (χ3n) is 4.84. The minimum Gasteiger partial charge on any atom is -0.366 e. The fourth-order valence-electron chi connectivity index (χ4n) is 3.47. The number of amides is 1. The zero-order valence-electron chi connectivity index (χ0n) is 14.4. The van der Waals surface area contributed by atoms with Crippen LogP contribution in [0.2, 0.25) is 0 Å². The maximum absolute atomic E-state index is 12.6. The summed E-state index contributed by atoms with van der Waals surface area (Å²) < 4.78 is 30.7. The van der Waals surface area contributed by atoms with E-state index < -0.39 is 15.9 Å². The Bertz CT molecular complexity index is 693. The predicted octanol–water partition coefficient (Wildman–Crippen LogP) is 1.86. The van der Waals surface area contributed by atoms with Gasteiger partial charge in [0, 0.05) is 18.8 Å². The molecule has 1 heterocycles. The second-order valence-corrected chi connectivity index (χ2v) is 9.10. The average Bonchev–Trinajstić information content (AvgIpc) is 2.63. The van der Waals surface area contributed by atoms with Crippen LogP contribution >= 0.6 is 0 Å². The van der Waals surface area contributed by atoms with E-state index in [0.29, 0.717) is 24.4 Å². The van der Waals surface area contributed by atoms with Crippen molar-refractivity contribution >= 4 is 21.4 Å². The molecule has 0 spiro atoms. The summed E-state index contributed by atoms with van der Waals surface area (Å²) in [4.78, 5) is 12.2. The highest BCUT2D eigenvalue weighted by molar-refractivity contribution is 7.91. The Labute approximate surface area is 149 Å². The molecule has 1 saturated carbocycles. The van der Waals surface area contributed by atoms with Gasteiger partial charge in [-0.15, -0.1) is 0 Å². The largest absolute Gasteiger partial charge is 0.366 e. The first kappa shape index (κ1) is 18.4. The van der Waals surface area contributed by atoms with Gasteiger partial charge in [0.25, 0.3) is 5.91 Å². The van der Waals surface area contributed by atoms with Crippen molar-refractivity contribution in [3.63, 3.8) is 0 Å². The van der Waals surface area contributed by atoms with Gasteiger partial charge in [-0.25, -0.2) is 8.42 Å². The first-order chi connectivity index (χ1) is 12.0. The van der Waals surface area contributed by atoms with Crippen LogP contribution in [0.1, 0.15) is 37.7 Å². The van der Waals surface area contributed by atoms with Crippen LogP contribution in [-0.2, 0) is 25.1 Å². The first-order valence-corrected chi connectivity index (χ1v) is 10.7. The summed E-state index contributed by atoms with van der Waals surface area (Å²) in [7, 11) is -3.15. The van der Waals surface area contributed by atoms with E-state index >= 15 is 0 Å². The van der Waals surface area contributed by atoms with Crippen LogP contribution in [0, 0.1) is 0 Å². The van der Waals surface area contributed by atoms with Crippen LogP contribution in [0.4, 0.5) is 5.69 Å². The van der Waals surface area contributed by atoms with Gasteiger partial charge in [-0.3, -0.25) is 4.79 Å². The van der Waals surface area contributed by atoms with Gasteiger partial charge in [-0.1, -0.05) is 31.4 Å². The molecule has 138 valence electrons. The summed E-state index contributed by atoms with van der Waals surface area (Å²) >= 11 is 0. The molecule has 0 aromatic heterocycles.